The molecule has 0 amide bonds. The third-order valence-corrected chi connectivity index (χ3v) is 2.53. The van der Waals surface area contributed by atoms with Crippen molar-refractivity contribution in [3.8, 4) is 0 Å². The minimum absolute atomic E-state index is 0.841. The molecule has 0 aromatic heterocycles. The lowest BCUT2D eigenvalue weighted by Crippen LogP contribution is -1.90. The zero-order valence-electron chi connectivity index (χ0n) is 8.90. The quantitative estimate of drug-likeness (QED) is 0.735. The fraction of sp³-hybridized carbons (Fsp3) is 0.143. The van der Waals surface area contributed by atoms with E-state index in [1.807, 2.05) is 12.2 Å². The Bertz CT molecular complexity index is 433. The van der Waals surface area contributed by atoms with Gasteiger partial charge in [0.25, 0.3) is 0 Å². The van der Waals surface area contributed by atoms with Crippen molar-refractivity contribution in [2.24, 2.45) is 5.73 Å². The topological polar surface area (TPSA) is 26.0 Å². The maximum Gasteiger partial charge on any atom is 0.0276 e. The average Bonchev–Trinajstić information content (AvgIpc) is 2.44. The maximum absolute atomic E-state index is 5.74. The van der Waals surface area contributed by atoms with Crippen molar-refractivity contribution in [1.82, 2.24) is 0 Å². The Kier molecular flexibility index (Phi) is 2.72. The minimum atomic E-state index is 0.841. The van der Waals surface area contributed by atoms with E-state index < -0.39 is 0 Å². The van der Waals surface area contributed by atoms with Crippen molar-refractivity contribution >= 4 is 5.57 Å². The van der Waals surface area contributed by atoms with Gasteiger partial charge in [-0.1, -0.05) is 48.1 Å². The van der Waals surface area contributed by atoms with Crippen LogP contribution in [-0.2, 0) is 0 Å². The van der Waals surface area contributed by atoms with Crippen molar-refractivity contribution in [1.29, 1.82) is 0 Å². The molecule has 1 aliphatic rings. The van der Waals surface area contributed by atoms with Crippen LogP contribution < -0.4 is 5.73 Å². The van der Waals surface area contributed by atoms with Crippen LogP contribution in [0, 0.1) is 6.92 Å². The molecule has 15 heavy (non-hydrogen) atoms. The van der Waals surface area contributed by atoms with E-state index in [1.165, 1.54) is 16.7 Å². The van der Waals surface area contributed by atoms with E-state index in [2.05, 4.69) is 43.3 Å². The molecule has 76 valence electrons. The van der Waals surface area contributed by atoms with Gasteiger partial charge in [-0.3, -0.25) is 0 Å². The monoisotopic (exact) mass is 197 g/mol. The van der Waals surface area contributed by atoms with E-state index in [1.54, 1.807) is 0 Å². The van der Waals surface area contributed by atoms with Crippen LogP contribution in [0.25, 0.3) is 5.57 Å². The van der Waals surface area contributed by atoms with Gasteiger partial charge in [0.05, 0.1) is 0 Å². The first-order valence-corrected chi connectivity index (χ1v) is 5.16. The van der Waals surface area contributed by atoms with E-state index >= 15 is 0 Å². The Morgan fingerprint density at radius 2 is 1.73 bits per heavy atom. The van der Waals surface area contributed by atoms with Gasteiger partial charge in [0.1, 0.15) is 0 Å². The summed E-state index contributed by atoms with van der Waals surface area (Å²) in [7, 11) is 0. The summed E-state index contributed by atoms with van der Waals surface area (Å²) in [6, 6.07) is 8.55. The molecule has 1 aromatic carbocycles. The van der Waals surface area contributed by atoms with Crippen LogP contribution in [0.2, 0.25) is 0 Å². The maximum atomic E-state index is 5.74. The van der Waals surface area contributed by atoms with Crippen LogP contribution in [0.5, 0.6) is 0 Å². The number of nitrogens with two attached hydrogens (primary N) is 1. The van der Waals surface area contributed by atoms with Gasteiger partial charge in [-0.25, -0.2) is 0 Å². The van der Waals surface area contributed by atoms with Gasteiger partial charge in [0, 0.05) is 5.70 Å². The first-order chi connectivity index (χ1) is 7.25. The molecule has 0 radical (unpaired) electrons. The minimum Gasteiger partial charge on any atom is -0.399 e. The second kappa shape index (κ2) is 4.18. The number of hydrogen-bond acceptors (Lipinski definition) is 1. The highest BCUT2D eigenvalue weighted by atomic mass is 14.5. The number of hydrogen-bond donors (Lipinski definition) is 1. The van der Waals surface area contributed by atoms with Gasteiger partial charge in [-0.2, -0.15) is 0 Å². The van der Waals surface area contributed by atoms with Gasteiger partial charge in [-0.15, -0.1) is 0 Å². The SMILES string of the molecule is Cc1ccc(C2=CCC=C(N)C=C2)cc1. The van der Waals surface area contributed by atoms with Gasteiger partial charge in [0.15, 0.2) is 0 Å². The standard InChI is InChI=1S/C14H15N/c1-11-5-7-13(8-6-11)12-3-2-4-14(15)10-9-12/h3-10H,2,15H2,1H3. The van der Waals surface area contributed by atoms with Crippen LogP contribution in [0.1, 0.15) is 17.5 Å². The van der Waals surface area contributed by atoms with E-state index in [0.29, 0.717) is 0 Å². The van der Waals surface area contributed by atoms with Crippen molar-refractivity contribution in [2.45, 2.75) is 13.3 Å². The molecule has 0 heterocycles. The highest BCUT2D eigenvalue weighted by Gasteiger charge is 1.99. The van der Waals surface area contributed by atoms with Crippen LogP contribution in [0.3, 0.4) is 0 Å². The summed E-state index contributed by atoms with van der Waals surface area (Å²) in [5.41, 5.74) is 10.4. The Labute approximate surface area is 90.6 Å². The Morgan fingerprint density at radius 3 is 2.47 bits per heavy atom. The Morgan fingerprint density at radius 1 is 1.00 bits per heavy atom. The van der Waals surface area contributed by atoms with E-state index in [9.17, 15) is 0 Å². The van der Waals surface area contributed by atoms with Crippen LogP contribution in [-0.4, -0.2) is 0 Å². The summed E-state index contributed by atoms with van der Waals surface area (Å²) in [4.78, 5) is 0. The first kappa shape index (κ1) is 9.78. The number of allylic oxidation sites excluding steroid dienone is 5. The molecule has 0 fully saturated rings. The van der Waals surface area contributed by atoms with Gasteiger partial charge < -0.3 is 5.73 Å². The molecule has 0 aliphatic heterocycles. The third-order valence-electron chi connectivity index (χ3n) is 2.53. The van der Waals surface area contributed by atoms with E-state index in [-0.39, 0.29) is 0 Å². The molecule has 1 aromatic rings. The predicted molar refractivity (Wildman–Crippen MR) is 65.2 cm³/mol. The Hall–Kier alpha value is -1.76. The summed E-state index contributed by atoms with van der Waals surface area (Å²) in [5, 5.41) is 0. The predicted octanol–water partition coefficient (Wildman–Crippen LogP) is 3.18. The molecule has 1 heteroatoms. The normalized spacial score (nSPS) is 15.5. The van der Waals surface area contributed by atoms with E-state index in [0.717, 1.165) is 12.1 Å². The molecule has 0 saturated heterocycles. The van der Waals surface area contributed by atoms with Crippen LogP contribution in [0.4, 0.5) is 0 Å². The molecule has 0 saturated carbocycles. The number of benzene rings is 1. The average molecular weight is 197 g/mol. The van der Waals surface area contributed by atoms with Crippen molar-refractivity contribution in [3.05, 3.63) is 65.4 Å². The summed E-state index contributed by atoms with van der Waals surface area (Å²) < 4.78 is 0. The summed E-state index contributed by atoms with van der Waals surface area (Å²) in [6.07, 6.45) is 9.16. The Balaban J connectivity index is 2.29. The van der Waals surface area contributed by atoms with Gasteiger partial charge >= 0.3 is 0 Å². The molecule has 2 N–H and O–H groups in total. The zero-order chi connectivity index (χ0) is 10.7. The van der Waals surface area contributed by atoms with E-state index in [4.69, 9.17) is 5.73 Å². The fourth-order valence-corrected chi connectivity index (χ4v) is 1.60. The van der Waals surface area contributed by atoms with Crippen molar-refractivity contribution in [3.63, 3.8) is 0 Å². The lowest BCUT2D eigenvalue weighted by Gasteiger charge is -2.02. The lowest BCUT2D eigenvalue weighted by molar-refractivity contribution is 1.31. The van der Waals surface area contributed by atoms with Gasteiger partial charge in [-0.05, 0) is 30.6 Å². The first-order valence-electron chi connectivity index (χ1n) is 5.16. The molecular weight excluding hydrogens is 182 g/mol. The summed E-state index contributed by atoms with van der Waals surface area (Å²) in [6.45, 7) is 2.10. The molecule has 2 rings (SSSR count). The number of rotatable bonds is 1. The molecule has 0 unspecified atom stereocenters. The van der Waals surface area contributed by atoms with Crippen LogP contribution in [0.15, 0.2) is 54.3 Å². The highest BCUT2D eigenvalue weighted by Crippen LogP contribution is 2.19. The third kappa shape index (κ3) is 2.38. The lowest BCUT2D eigenvalue weighted by atomic mass is 10.0. The second-order valence-corrected chi connectivity index (χ2v) is 3.80. The van der Waals surface area contributed by atoms with Crippen molar-refractivity contribution in [2.75, 3.05) is 0 Å². The molecule has 1 aliphatic carbocycles. The van der Waals surface area contributed by atoms with Crippen molar-refractivity contribution < 1.29 is 0 Å². The number of aryl methyl sites for hydroxylation is 1. The molecule has 0 spiro atoms. The second-order valence-electron chi connectivity index (χ2n) is 3.80. The molecule has 0 atom stereocenters. The highest BCUT2D eigenvalue weighted by molar-refractivity contribution is 5.75. The molecule has 1 nitrogen and oxygen atoms in total. The molecular formula is C14H15N. The fourth-order valence-electron chi connectivity index (χ4n) is 1.60. The van der Waals surface area contributed by atoms with Crippen LogP contribution >= 0.6 is 0 Å². The summed E-state index contributed by atoms with van der Waals surface area (Å²) >= 11 is 0. The largest absolute Gasteiger partial charge is 0.399 e. The summed E-state index contributed by atoms with van der Waals surface area (Å²) in [5.74, 6) is 0. The zero-order valence-corrected chi connectivity index (χ0v) is 8.90. The molecule has 0 bridgehead atoms. The smallest absolute Gasteiger partial charge is 0.0276 e. The van der Waals surface area contributed by atoms with Gasteiger partial charge in [0.2, 0.25) is 0 Å².